The van der Waals surface area contributed by atoms with Gasteiger partial charge in [0.15, 0.2) is 0 Å². The van der Waals surface area contributed by atoms with Crippen molar-refractivity contribution in [1.29, 1.82) is 0 Å². The first-order valence-corrected chi connectivity index (χ1v) is 11.2. The van der Waals surface area contributed by atoms with Gasteiger partial charge in [-0.15, -0.1) is 0 Å². The van der Waals surface area contributed by atoms with Crippen molar-refractivity contribution in [2.24, 2.45) is 0 Å². The largest absolute Gasteiger partial charge is 0.310 e. The Labute approximate surface area is 187 Å². The standard InChI is InChI=1S/C26H27N5O/c1-2-9-24-27-23-14-15-30(18-22(23)26(32)28-24)16-20-17-31(21-12-7-4-8-13-21)29-25(20)19-10-5-3-6-11-19/h3-8,10-13,17H,2,9,14-16,18H2,1H3,(H,27,28,32). The lowest BCUT2D eigenvalue weighted by atomic mass is 10.0. The zero-order valence-corrected chi connectivity index (χ0v) is 18.3. The van der Waals surface area contributed by atoms with Crippen LogP contribution in [-0.2, 0) is 25.9 Å². The van der Waals surface area contributed by atoms with Crippen LogP contribution in [0.3, 0.4) is 0 Å². The van der Waals surface area contributed by atoms with Crippen LogP contribution in [0, 0.1) is 0 Å². The summed E-state index contributed by atoms with van der Waals surface area (Å²) in [5, 5.41) is 4.92. The molecule has 2 aromatic heterocycles. The van der Waals surface area contributed by atoms with Gasteiger partial charge in [0.1, 0.15) is 5.82 Å². The summed E-state index contributed by atoms with van der Waals surface area (Å²) >= 11 is 0. The highest BCUT2D eigenvalue weighted by molar-refractivity contribution is 5.63. The average Bonchev–Trinajstić information content (AvgIpc) is 3.25. The molecule has 2 aromatic carbocycles. The highest BCUT2D eigenvalue weighted by atomic mass is 16.1. The van der Waals surface area contributed by atoms with Crippen LogP contribution in [0.15, 0.2) is 71.7 Å². The normalized spacial score (nSPS) is 13.8. The van der Waals surface area contributed by atoms with Crippen molar-refractivity contribution in [3.8, 4) is 16.9 Å². The molecule has 5 rings (SSSR count). The van der Waals surface area contributed by atoms with Gasteiger partial charge in [-0.05, 0) is 18.6 Å². The number of para-hydroxylation sites is 1. The molecule has 4 aromatic rings. The van der Waals surface area contributed by atoms with Crippen LogP contribution in [0.1, 0.15) is 36.0 Å². The van der Waals surface area contributed by atoms with E-state index in [1.165, 1.54) is 0 Å². The topological polar surface area (TPSA) is 66.8 Å². The van der Waals surface area contributed by atoms with Crippen LogP contribution in [0.25, 0.3) is 16.9 Å². The molecule has 0 amide bonds. The molecule has 0 fully saturated rings. The summed E-state index contributed by atoms with van der Waals surface area (Å²) in [6.07, 6.45) is 4.69. The van der Waals surface area contributed by atoms with Gasteiger partial charge in [0.05, 0.1) is 22.6 Å². The van der Waals surface area contributed by atoms with Crippen LogP contribution in [0.4, 0.5) is 0 Å². The van der Waals surface area contributed by atoms with Gasteiger partial charge in [0.2, 0.25) is 0 Å². The fourth-order valence-electron chi connectivity index (χ4n) is 4.34. The Kier molecular flexibility index (Phi) is 5.69. The molecule has 0 atom stereocenters. The van der Waals surface area contributed by atoms with Gasteiger partial charge < -0.3 is 4.98 Å². The number of H-pyrrole nitrogens is 1. The Balaban J connectivity index is 1.45. The summed E-state index contributed by atoms with van der Waals surface area (Å²) < 4.78 is 1.95. The maximum Gasteiger partial charge on any atom is 0.255 e. The molecule has 6 nitrogen and oxygen atoms in total. The molecular formula is C26H27N5O. The van der Waals surface area contributed by atoms with Crippen LogP contribution >= 0.6 is 0 Å². The minimum atomic E-state index is 0.00594. The first-order valence-electron chi connectivity index (χ1n) is 11.2. The van der Waals surface area contributed by atoms with E-state index >= 15 is 0 Å². The molecule has 0 unspecified atom stereocenters. The van der Waals surface area contributed by atoms with E-state index in [1.54, 1.807) is 0 Å². The number of hydrogen-bond acceptors (Lipinski definition) is 4. The molecule has 6 heteroatoms. The Bertz CT molecular complexity index is 1260. The lowest BCUT2D eigenvalue weighted by Gasteiger charge is -2.27. The van der Waals surface area contributed by atoms with E-state index in [-0.39, 0.29) is 5.56 Å². The second kappa shape index (κ2) is 8.93. The van der Waals surface area contributed by atoms with Crippen LogP contribution in [-0.4, -0.2) is 31.2 Å². The Morgan fingerprint density at radius 1 is 1.03 bits per heavy atom. The van der Waals surface area contributed by atoms with Crippen molar-refractivity contribution in [3.63, 3.8) is 0 Å². The van der Waals surface area contributed by atoms with Gasteiger partial charge in [-0.2, -0.15) is 5.10 Å². The molecule has 0 saturated carbocycles. The predicted octanol–water partition coefficient (Wildman–Crippen LogP) is 4.13. The number of nitrogens with zero attached hydrogens (tertiary/aromatic N) is 4. The quantitative estimate of drug-likeness (QED) is 0.504. The van der Waals surface area contributed by atoms with E-state index in [2.05, 4.69) is 47.3 Å². The number of aromatic nitrogens is 4. The number of fused-ring (bicyclic) bond motifs is 1. The summed E-state index contributed by atoms with van der Waals surface area (Å²) in [5.41, 5.74) is 6.01. The van der Waals surface area contributed by atoms with Crippen molar-refractivity contribution < 1.29 is 0 Å². The molecule has 1 aliphatic rings. The first kappa shape index (κ1) is 20.4. The molecule has 1 aliphatic heterocycles. The van der Waals surface area contributed by atoms with E-state index in [0.29, 0.717) is 6.54 Å². The van der Waals surface area contributed by atoms with Crippen molar-refractivity contribution in [2.45, 2.75) is 39.3 Å². The minimum Gasteiger partial charge on any atom is -0.310 e. The van der Waals surface area contributed by atoms with Gasteiger partial charge in [-0.3, -0.25) is 9.69 Å². The first-order chi connectivity index (χ1) is 15.7. The second-order valence-electron chi connectivity index (χ2n) is 8.30. The summed E-state index contributed by atoms with van der Waals surface area (Å²) in [6.45, 7) is 4.31. The Morgan fingerprint density at radius 3 is 2.53 bits per heavy atom. The number of aryl methyl sites for hydroxylation is 1. The van der Waals surface area contributed by atoms with Gasteiger partial charge in [-0.25, -0.2) is 9.67 Å². The Morgan fingerprint density at radius 2 is 1.78 bits per heavy atom. The lowest BCUT2D eigenvalue weighted by Crippen LogP contribution is -2.35. The summed E-state index contributed by atoms with van der Waals surface area (Å²) in [4.78, 5) is 22.7. The third-order valence-corrected chi connectivity index (χ3v) is 5.94. The van der Waals surface area contributed by atoms with Crippen LogP contribution < -0.4 is 5.56 Å². The highest BCUT2D eigenvalue weighted by Crippen LogP contribution is 2.26. The van der Waals surface area contributed by atoms with E-state index in [1.807, 2.05) is 41.1 Å². The summed E-state index contributed by atoms with van der Waals surface area (Å²) in [7, 11) is 0. The average molecular weight is 426 g/mol. The van der Waals surface area contributed by atoms with Gasteiger partial charge in [0.25, 0.3) is 5.56 Å². The van der Waals surface area contributed by atoms with Crippen LogP contribution in [0.5, 0.6) is 0 Å². The summed E-state index contributed by atoms with van der Waals surface area (Å²) in [5.74, 6) is 0.806. The number of rotatable bonds is 6. The Hall–Kier alpha value is -3.51. The van der Waals surface area contributed by atoms with Gasteiger partial charge in [0, 0.05) is 49.8 Å². The van der Waals surface area contributed by atoms with E-state index in [4.69, 9.17) is 10.1 Å². The molecular weight excluding hydrogens is 398 g/mol. The van der Waals surface area contributed by atoms with Crippen LogP contribution in [0.2, 0.25) is 0 Å². The van der Waals surface area contributed by atoms with E-state index < -0.39 is 0 Å². The molecule has 3 heterocycles. The molecule has 0 aliphatic carbocycles. The summed E-state index contributed by atoms with van der Waals surface area (Å²) in [6, 6.07) is 20.4. The smallest absolute Gasteiger partial charge is 0.255 e. The molecule has 0 bridgehead atoms. The molecule has 32 heavy (non-hydrogen) atoms. The number of benzene rings is 2. The van der Waals surface area contributed by atoms with Crippen molar-refractivity contribution in [3.05, 3.63) is 99.9 Å². The van der Waals surface area contributed by atoms with Crippen molar-refractivity contribution in [1.82, 2.24) is 24.6 Å². The zero-order valence-electron chi connectivity index (χ0n) is 18.3. The minimum absolute atomic E-state index is 0.00594. The highest BCUT2D eigenvalue weighted by Gasteiger charge is 2.23. The monoisotopic (exact) mass is 425 g/mol. The predicted molar refractivity (Wildman–Crippen MR) is 126 cm³/mol. The zero-order chi connectivity index (χ0) is 21.9. The number of nitrogens with one attached hydrogen (secondary N) is 1. The maximum absolute atomic E-state index is 12.7. The molecule has 162 valence electrons. The second-order valence-corrected chi connectivity index (χ2v) is 8.30. The molecule has 0 radical (unpaired) electrons. The maximum atomic E-state index is 12.7. The number of hydrogen-bond donors (Lipinski definition) is 1. The van der Waals surface area contributed by atoms with Gasteiger partial charge >= 0.3 is 0 Å². The van der Waals surface area contributed by atoms with Crippen molar-refractivity contribution >= 4 is 0 Å². The fourth-order valence-corrected chi connectivity index (χ4v) is 4.34. The lowest BCUT2D eigenvalue weighted by molar-refractivity contribution is 0.241. The van der Waals surface area contributed by atoms with E-state index in [0.717, 1.165) is 71.9 Å². The third-order valence-electron chi connectivity index (χ3n) is 5.94. The number of aromatic amines is 1. The SMILES string of the molecule is CCCc1nc2c(c(=O)[nH]1)CN(Cc1cn(-c3ccccc3)nc1-c1ccccc1)CC2. The van der Waals surface area contributed by atoms with Gasteiger partial charge in [-0.1, -0.05) is 55.5 Å². The molecule has 0 saturated heterocycles. The van der Waals surface area contributed by atoms with E-state index in [9.17, 15) is 4.79 Å². The third kappa shape index (κ3) is 4.14. The fraction of sp³-hybridized carbons (Fsp3) is 0.269. The molecule has 0 spiro atoms. The van der Waals surface area contributed by atoms with Crippen molar-refractivity contribution in [2.75, 3.05) is 6.54 Å². The molecule has 1 N–H and O–H groups in total.